The molecule has 136 valence electrons. The minimum Gasteiger partial charge on any atom is -0.478 e. The van der Waals surface area contributed by atoms with E-state index in [0.717, 1.165) is 24.0 Å². The number of carboxylic acids is 1. The fraction of sp³-hybridized carbons (Fsp3) is 0.600. The number of carbonyl (C=O) groups excluding carboxylic acids is 1. The van der Waals surface area contributed by atoms with Crippen LogP contribution in [0.4, 0.5) is 4.79 Å². The first-order valence-corrected chi connectivity index (χ1v) is 8.89. The highest BCUT2D eigenvalue weighted by atomic mass is 16.6. The zero-order valence-corrected chi connectivity index (χ0v) is 15.6. The Hall–Kier alpha value is -2.04. The Labute approximate surface area is 149 Å². The van der Waals surface area contributed by atoms with Gasteiger partial charge in [0.15, 0.2) is 0 Å². The fourth-order valence-corrected chi connectivity index (χ4v) is 4.30. The average Bonchev–Trinajstić information content (AvgIpc) is 2.48. The van der Waals surface area contributed by atoms with E-state index in [0.29, 0.717) is 12.1 Å². The molecule has 3 atom stereocenters. The highest BCUT2D eigenvalue weighted by molar-refractivity contribution is 5.88. The molecule has 0 spiro atoms. The summed E-state index contributed by atoms with van der Waals surface area (Å²) in [5, 5.41) is 9.31. The Morgan fingerprint density at radius 1 is 1.32 bits per heavy atom. The van der Waals surface area contributed by atoms with Gasteiger partial charge in [0, 0.05) is 12.6 Å². The van der Waals surface area contributed by atoms with Crippen LogP contribution in [0.3, 0.4) is 0 Å². The first-order chi connectivity index (χ1) is 11.5. The predicted molar refractivity (Wildman–Crippen MR) is 95.0 cm³/mol. The van der Waals surface area contributed by atoms with Gasteiger partial charge in [-0.05, 0) is 68.2 Å². The lowest BCUT2D eigenvalue weighted by molar-refractivity contribution is -0.0164. The van der Waals surface area contributed by atoms with Crippen LogP contribution in [0, 0.1) is 5.92 Å². The van der Waals surface area contributed by atoms with Crippen molar-refractivity contribution in [2.75, 3.05) is 6.54 Å². The molecule has 3 rings (SSSR count). The molecule has 1 aliphatic carbocycles. The van der Waals surface area contributed by atoms with Crippen molar-refractivity contribution in [2.45, 2.75) is 64.5 Å². The zero-order valence-electron chi connectivity index (χ0n) is 15.6. The molecule has 0 saturated carbocycles. The second-order valence-corrected chi connectivity index (χ2v) is 8.58. The molecule has 0 aromatic heterocycles. The number of ether oxygens (including phenoxy) is 1. The summed E-state index contributed by atoms with van der Waals surface area (Å²) in [4.78, 5) is 25.9. The maximum Gasteiger partial charge on any atom is 0.410 e. The van der Waals surface area contributed by atoms with Crippen LogP contribution in [0.1, 0.15) is 62.5 Å². The number of aromatic carboxylic acids is 1. The third-order valence-electron chi connectivity index (χ3n) is 5.88. The molecule has 5 heteroatoms. The fourth-order valence-electron chi connectivity index (χ4n) is 4.30. The number of carbonyl (C=O) groups is 2. The summed E-state index contributed by atoms with van der Waals surface area (Å²) in [6, 6.07) is 5.48. The van der Waals surface area contributed by atoms with E-state index in [-0.39, 0.29) is 23.5 Å². The van der Waals surface area contributed by atoms with Crippen LogP contribution in [-0.2, 0) is 16.6 Å². The van der Waals surface area contributed by atoms with E-state index in [2.05, 4.69) is 13.8 Å². The molecule has 1 aromatic rings. The predicted octanol–water partition coefficient (Wildman–Crippen LogP) is 3.84. The van der Waals surface area contributed by atoms with E-state index < -0.39 is 11.6 Å². The lowest BCUT2D eigenvalue weighted by atomic mass is 9.59. The van der Waals surface area contributed by atoms with Crippen molar-refractivity contribution < 1.29 is 19.4 Å². The quantitative estimate of drug-likeness (QED) is 0.840. The number of hydrogen-bond acceptors (Lipinski definition) is 3. The molecule has 1 saturated heterocycles. The molecule has 2 aliphatic rings. The third kappa shape index (κ3) is 3.00. The van der Waals surface area contributed by atoms with Gasteiger partial charge in [0.2, 0.25) is 0 Å². The minimum atomic E-state index is -0.896. The summed E-state index contributed by atoms with van der Waals surface area (Å²) in [5.74, 6) is -0.655. The number of benzene rings is 1. The van der Waals surface area contributed by atoms with Gasteiger partial charge in [-0.3, -0.25) is 0 Å². The average molecular weight is 345 g/mol. The standard InChI is InChI=1S/C20H27NO4/c1-12-16-11-13-6-7-14(17(22)23)10-15(13)20(12,5)8-9-21(16)18(24)25-19(2,3)4/h6-7,10,12,16H,8-9,11H2,1-5H3,(H,22,23)/t12?,16-,20-/m1/s1. The van der Waals surface area contributed by atoms with Crippen molar-refractivity contribution in [1.82, 2.24) is 4.90 Å². The topological polar surface area (TPSA) is 66.8 Å². The molecule has 1 amide bonds. The summed E-state index contributed by atoms with van der Waals surface area (Å²) in [6.45, 7) is 10.6. The second kappa shape index (κ2) is 5.75. The number of carboxylic acid groups (broad SMARTS) is 1. The number of amides is 1. The van der Waals surface area contributed by atoms with E-state index in [1.807, 2.05) is 37.8 Å². The Balaban J connectivity index is 1.96. The normalized spacial score (nSPS) is 28.3. The van der Waals surface area contributed by atoms with Crippen molar-refractivity contribution >= 4 is 12.1 Å². The summed E-state index contributed by atoms with van der Waals surface area (Å²) < 4.78 is 5.60. The van der Waals surface area contributed by atoms with Gasteiger partial charge in [-0.15, -0.1) is 0 Å². The summed E-state index contributed by atoms with van der Waals surface area (Å²) >= 11 is 0. The van der Waals surface area contributed by atoms with Gasteiger partial charge in [0.1, 0.15) is 5.60 Å². The van der Waals surface area contributed by atoms with Crippen LogP contribution in [0.2, 0.25) is 0 Å². The Morgan fingerprint density at radius 3 is 2.60 bits per heavy atom. The van der Waals surface area contributed by atoms with Crippen LogP contribution in [0.25, 0.3) is 0 Å². The maximum absolute atomic E-state index is 12.6. The van der Waals surface area contributed by atoms with Crippen LogP contribution in [0.15, 0.2) is 18.2 Å². The van der Waals surface area contributed by atoms with E-state index in [1.165, 1.54) is 0 Å². The van der Waals surface area contributed by atoms with Crippen LogP contribution >= 0.6 is 0 Å². The summed E-state index contributed by atoms with van der Waals surface area (Å²) in [5.41, 5.74) is 1.97. The second-order valence-electron chi connectivity index (χ2n) is 8.58. The molecule has 1 heterocycles. The molecule has 1 aliphatic heterocycles. The van der Waals surface area contributed by atoms with Gasteiger partial charge in [0.05, 0.1) is 5.56 Å². The van der Waals surface area contributed by atoms with Crippen molar-refractivity contribution in [3.8, 4) is 0 Å². The largest absolute Gasteiger partial charge is 0.478 e. The number of piperidine rings is 1. The first-order valence-electron chi connectivity index (χ1n) is 8.89. The van der Waals surface area contributed by atoms with E-state index >= 15 is 0 Å². The van der Waals surface area contributed by atoms with Gasteiger partial charge in [-0.25, -0.2) is 9.59 Å². The smallest absolute Gasteiger partial charge is 0.410 e. The monoisotopic (exact) mass is 345 g/mol. The van der Waals surface area contributed by atoms with Crippen molar-refractivity contribution in [2.24, 2.45) is 5.92 Å². The molecular formula is C20H27NO4. The van der Waals surface area contributed by atoms with Crippen molar-refractivity contribution in [3.63, 3.8) is 0 Å². The zero-order chi connectivity index (χ0) is 18.6. The van der Waals surface area contributed by atoms with Crippen LogP contribution in [-0.4, -0.2) is 40.3 Å². The number of hydrogen-bond donors (Lipinski definition) is 1. The molecule has 0 radical (unpaired) electrons. The number of rotatable bonds is 1. The maximum atomic E-state index is 12.6. The Bertz CT molecular complexity index is 721. The SMILES string of the molecule is CC1[C@H]2Cc3ccc(C(=O)O)cc3[C@]1(C)CCN2C(=O)OC(C)(C)C. The number of likely N-dealkylation sites (tertiary alicyclic amines) is 1. The van der Waals surface area contributed by atoms with Crippen molar-refractivity contribution in [3.05, 3.63) is 34.9 Å². The molecule has 2 bridgehead atoms. The molecule has 5 nitrogen and oxygen atoms in total. The molecule has 1 aromatic carbocycles. The molecule has 1 fully saturated rings. The Morgan fingerprint density at radius 2 is 2.00 bits per heavy atom. The first kappa shape index (κ1) is 17.8. The van der Waals surface area contributed by atoms with Gasteiger partial charge in [0.25, 0.3) is 0 Å². The molecule has 1 unspecified atom stereocenters. The van der Waals surface area contributed by atoms with E-state index in [4.69, 9.17) is 4.74 Å². The van der Waals surface area contributed by atoms with Crippen LogP contribution in [0.5, 0.6) is 0 Å². The van der Waals surface area contributed by atoms with E-state index in [9.17, 15) is 14.7 Å². The molecular weight excluding hydrogens is 318 g/mol. The minimum absolute atomic E-state index is 0.0804. The highest BCUT2D eigenvalue weighted by Crippen LogP contribution is 2.49. The van der Waals surface area contributed by atoms with Crippen molar-refractivity contribution in [1.29, 1.82) is 0 Å². The summed E-state index contributed by atoms with van der Waals surface area (Å²) in [6.07, 6.45) is 1.29. The van der Waals surface area contributed by atoms with Gasteiger partial charge < -0.3 is 14.7 Å². The molecule has 1 N–H and O–H groups in total. The van der Waals surface area contributed by atoms with Gasteiger partial charge in [-0.2, -0.15) is 0 Å². The lowest BCUT2D eigenvalue weighted by Crippen LogP contribution is -2.60. The van der Waals surface area contributed by atoms with E-state index in [1.54, 1.807) is 6.07 Å². The number of fused-ring (bicyclic) bond motifs is 4. The number of nitrogens with zero attached hydrogens (tertiary/aromatic N) is 1. The van der Waals surface area contributed by atoms with Gasteiger partial charge in [-0.1, -0.05) is 19.9 Å². The Kier molecular flexibility index (Phi) is 4.09. The van der Waals surface area contributed by atoms with Gasteiger partial charge >= 0.3 is 12.1 Å². The summed E-state index contributed by atoms with van der Waals surface area (Å²) in [7, 11) is 0. The lowest BCUT2D eigenvalue weighted by Gasteiger charge is -2.54. The third-order valence-corrected chi connectivity index (χ3v) is 5.88. The highest BCUT2D eigenvalue weighted by Gasteiger charge is 2.50. The van der Waals surface area contributed by atoms with Crippen LogP contribution < -0.4 is 0 Å². The molecule has 25 heavy (non-hydrogen) atoms.